The predicted octanol–water partition coefficient (Wildman–Crippen LogP) is 4.02. The molecule has 0 spiro atoms. The number of nitrogens with one attached hydrogen (secondary N) is 4. The van der Waals surface area contributed by atoms with Gasteiger partial charge in [-0.3, -0.25) is 4.79 Å². The number of carboxylic acid groups (broad SMARTS) is 1. The lowest BCUT2D eigenvalue weighted by molar-refractivity contribution is 0.0966. The van der Waals surface area contributed by atoms with E-state index in [4.69, 9.17) is 16.7 Å². The molecule has 1 aliphatic carbocycles. The zero-order chi connectivity index (χ0) is 21.3. The molecule has 1 aromatic heterocycles. The average Bonchev–Trinajstić information content (AvgIpc) is 3.09. The van der Waals surface area contributed by atoms with Crippen LogP contribution in [0.25, 0.3) is 0 Å². The summed E-state index contributed by atoms with van der Waals surface area (Å²) in [6, 6.07) is 7.44. The van der Waals surface area contributed by atoms with E-state index in [1.807, 2.05) is 31.2 Å². The summed E-state index contributed by atoms with van der Waals surface area (Å²) in [5.41, 5.74) is 3.03. The number of pyridine rings is 1. The fourth-order valence-corrected chi connectivity index (χ4v) is 4.39. The van der Waals surface area contributed by atoms with E-state index in [2.05, 4.69) is 26.3 Å². The Bertz CT molecular complexity index is 997. The van der Waals surface area contributed by atoms with Crippen LogP contribution in [0.1, 0.15) is 47.2 Å². The number of anilines is 3. The molecule has 0 saturated heterocycles. The summed E-state index contributed by atoms with van der Waals surface area (Å²) in [6.45, 7) is 2.32. The van der Waals surface area contributed by atoms with E-state index in [0.717, 1.165) is 36.9 Å². The summed E-state index contributed by atoms with van der Waals surface area (Å²) in [7, 11) is 0. The van der Waals surface area contributed by atoms with Gasteiger partial charge in [-0.15, -0.1) is 0 Å². The number of fused-ring (bicyclic) bond motifs is 1. The van der Waals surface area contributed by atoms with Gasteiger partial charge in [-0.25, -0.2) is 9.78 Å². The fourth-order valence-electron chi connectivity index (χ4n) is 4.14. The van der Waals surface area contributed by atoms with Crippen LogP contribution in [0.4, 0.5) is 22.1 Å². The molecule has 2 heterocycles. The van der Waals surface area contributed by atoms with Gasteiger partial charge in [0.05, 0.1) is 16.6 Å². The third kappa shape index (κ3) is 4.14. The number of hydrogen-bond donors (Lipinski definition) is 5. The SMILES string of the molecule is Cc1cccc(Nc2nc(N[C@@H]3CCCC[C@@H]3NC(=O)O)c(Cl)c3c2C(=O)NC3)c1. The van der Waals surface area contributed by atoms with E-state index in [-0.39, 0.29) is 18.0 Å². The zero-order valence-electron chi connectivity index (χ0n) is 16.6. The van der Waals surface area contributed by atoms with Crippen molar-refractivity contribution in [2.45, 2.75) is 51.2 Å². The first-order valence-corrected chi connectivity index (χ1v) is 10.4. The van der Waals surface area contributed by atoms with E-state index in [1.165, 1.54) is 0 Å². The Kier molecular flexibility index (Phi) is 5.67. The molecule has 8 nitrogen and oxygen atoms in total. The fraction of sp³-hybridized carbons (Fsp3) is 0.381. The van der Waals surface area contributed by atoms with E-state index in [1.54, 1.807) is 0 Å². The number of aromatic nitrogens is 1. The standard InChI is InChI=1S/C21H24ClN5O3/c1-11-5-4-6-12(9-11)24-18-16-13(10-23-20(16)28)17(22)19(27-18)25-14-7-2-3-8-15(14)26-21(29)30/h4-6,9,14-15,26H,2-3,7-8,10H2,1H3,(H,23,28)(H,29,30)(H2,24,25,27)/t14-,15+/m1/s1. The van der Waals surface area contributed by atoms with Crippen LogP contribution >= 0.6 is 11.6 Å². The number of benzene rings is 1. The van der Waals surface area contributed by atoms with Crippen LogP contribution in [-0.2, 0) is 6.54 Å². The lowest BCUT2D eigenvalue weighted by atomic mass is 9.90. The molecule has 5 N–H and O–H groups in total. The molecule has 30 heavy (non-hydrogen) atoms. The maximum absolute atomic E-state index is 12.4. The Morgan fingerprint density at radius 3 is 2.73 bits per heavy atom. The molecule has 2 atom stereocenters. The van der Waals surface area contributed by atoms with Crippen LogP contribution in [0.15, 0.2) is 24.3 Å². The first-order chi connectivity index (χ1) is 14.4. The van der Waals surface area contributed by atoms with E-state index >= 15 is 0 Å². The van der Waals surface area contributed by atoms with Gasteiger partial charge >= 0.3 is 6.09 Å². The molecule has 4 rings (SSSR count). The molecule has 2 amide bonds. The van der Waals surface area contributed by atoms with Crippen molar-refractivity contribution in [3.8, 4) is 0 Å². The molecule has 2 aromatic rings. The number of carbonyl (C=O) groups excluding carboxylic acids is 1. The molecule has 0 radical (unpaired) electrons. The van der Waals surface area contributed by atoms with Crippen molar-refractivity contribution < 1.29 is 14.7 Å². The average molecular weight is 430 g/mol. The van der Waals surface area contributed by atoms with Crippen LogP contribution in [0.5, 0.6) is 0 Å². The molecule has 1 aliphatic heterocycles. The third-order valence-electron chi connectivity index (χ3n) is 5.57. The molecular weight excluding hydrogens is 406 g/mol. The van der Waals surface area contributed by atoms with Gasteiger partial charge < -0.3 is 26.4 Å². The van der Waals surface area contributed by atoms with E-state index < -0.39 is 6.09 Å². The smallest absolute Gasteiger partial charge is 0.404 e. The van der Waals surface area contributed by atoms with Crippen molar-refractivity contribution in [3.63, 3.8) is 0 Å². The quantitative estimate of drug-likeness (QED) is 0.490. The number of halogens is 1. The maximum atomic E-state index is 12.4. The second kappa shape index (κ2) is 8.39. The summed E-state index contributed by atoms with van der Waals surface area (Å²) < 4.78 is 0. The molecule has 1 aromatic carbocycles. The number of nitrogens with zero attached hydrogens (tertiary/aromatic N) is 1. The summed E-state index contributed by atoms with van der Waals surface area (Å²) in [5.74, 6) is 0.659. The van der Waals surface area contributed by atoms with Crippen LogP contribution in [0, 0.1) is 6.92 Å². The Labute approximate surface area is 179 Å². The highest BCUT2D eigenvalue weighted by atomic mass is 35.5. The second-order valence-electron chi connectivity index (χ2n) is 7.74. The van der Waals surface area contributed by atoms with Gasteiger partial charge in [-0.05, 0) is 37.5 Å². The van der Waals surface area contributed by atoms with Crippen molar-refractivity contribution in [1.29, 1.82) is 0 Å². The van der Waals surface area contributed by atoms with Gasteiger partial charge in [0, 0.05) is 23.8 Å². The molecule has 9 heteroatoms. The highest BCUT2D eigenvalue weighted by Crippen LogP contribution is 2.36. The summed E-state index contributed by atoms with van der Waals surface area (Å²) in [4.78, 5) is 28.2. The topological polar surface area (TPSA) is 115 Å². The minimum atomic E-state index is -1.04. The summed E-state index contributed by atoms with van der Waals surface area (Å²) >= 11 is 6.61. The molecule has 0 unspecified atom stereocenters. The summed E-state index contributed by atoms with van der Waals surface area (Å²) in [6.07, 6.45) is 2.47. The lowest BCUT2D eigenvalue weighted by Crippen LogP contribution is -2.48. The number of amides is 2. The van der Waals surface area contributed by atoms with Crippen LogP contribution in [0.3, 0.4) is 0 Å². The Morgan fingerprint density at radius 1 is 1.23 bits per heavy atom. The van der Waals surface area contributed by atoms with Gasteiger partial charge in [-0.2, -0.15) is 0 Å². The van der Waals surface area contributed by atoms with Gasteiger partial charge in [0.1, 0.15) is 11.6 Å². The first-order valence-electron chi connectivity index (χ1n) is 10.0. The number of aryl methyl sites for hydroxylation is 1. The van der Waals surface area contributed by atoms with Crippen LogP contribution < -0.4 is 21.3 Å². The maximum Gasteiger partial charge on any atom is 0.404 e. The van der Waals surface area contributed by atoms with Gasteiger partial charge in [0.15, 0.2) is 0 Å². The lowest BCUT2D eigenvalue weighted by Gasteiger charge is -2.32. The van der Waals surface area contributed by atoms with Crippen molar-refractivity contribution in [2.75, 3.05) is 10.6 Å². The zero-order valence-corrected chi connectivity index (χ0v) is 17.3. The number of carbonyl (C=O) groups is 2. The van der Waals surface area contributed by atoms with E-state index in [9.17, 15) is 9.59 Å². The Balaban J connectivity index is 1.68. The van der Waals surface area contributed by atoms with Gasteiger partial charge in [-0.1, -0.05) is 36.6 Å². The Hall–Kier alpha value is -3.00. The molecular formula is C21H24ClN5O3. The molecule has 0 bridgehead atoms. The molecule has 1 saturated carbocycles. The van der Waals surface area contributed by atoms with Gasteiger partial charge in [0.25, 0.3) is 5.91 Å². The van der Waals surface area contributed by atoms with Gasteiger partial charge in [0.2, 0.25) is 0 Å². The number of rotatable bonds is 5. The highest BCUT2D eigenvalue weighted by molar-refractivity contribution is 6.34. The van der Waals surface area contributed by atoms with Crippen LogP contribution in [-0.4, -0.2) is 34.2 Å². The molecule has 2 aliphatic rings. The van der Waals surface area contributed by atoms with Crippen molar-refractivity contribution in [3.05, 3.63) is 46.0 Å². The minimum Gasteiger partial charge on any atom is -0.465 e. The monoisotopic (exact) mass is 429 g/mol. The summed E-state index contributed by atoms with van der Waals surface area (Å²) in [5, 5.41) is 21.5. The van der Waals surface area contributed by atoms with Crippen molar-refractivity contribution >= 4 is 40.9 Å². The molecule has 1 fully saturated rings. The largest absolute Gasteiger partial charge is 0.465 e. The normalized spacial score (nSPS) is 20.3. The van der Waals surface area contributed by atoms with Crippen molar-refractivity contribution in [2.24, 2.45) is 0 Å². The first kappa shape index (κ1) is 20.3. The second-order valence-corrected chi connectivity index (χ2v) is 8.12. The third-order valence-corrected chi connectivity index (χ3v) is 5.97. The number of hydrogen-bond acceptors (Lipinski definition) is 5. The highest BCUT2D eigenvalue weighted by Gasteiger charge is 2.32. The van der Waals surface area contributed by atoms with Crippen LogP contribution in [0.2, 0.25) is 5.02 Å². The van der Waals surface area contributed by atoms with E-state index in [0.29, 0.717) is 34.3 Å². The Morgan fingerprint density at radius 2 is 2.00 bits per heavy atom. The van der Waals surface area contributed by atoms with Crippen molar-refractivity contribution in [1.82, 2.24) is 15.6 Å². The minimum absolute atomic E-state index is 0.130. The molecule has 158 valence electrons. The predicted molar refractivity (Wildman–Crippen MR) is 116 cm³/mol.